The smallest absolute Gasteiger partial charge is 0.195 e. The molecule has 0 saturated carbocycles. The Morgan fingerprint density at radius 1 is 0.647 bits per heavy atom. The summed E-state index contributed by atoms with van der Waals surface area (Å²) in [6.45, 7) is 1.90. The Bertz CT molecular complexity index is 1290. The van der Waals surface area contributed by atoms with Crippen molar-refractivity contribution in [1.29, 1.82) is 0 Å². The maximum Gasteiger partial charge on any atom is 0.195 e. The van der Waals surface area contributed by atoms with Gasteiger partial charge in [0.2, 0.25) is 0 Å². The molecule has 4 aromatic carbocycles. The Hall–Kier alpha value is -3.41. The fourth-order valence-corrected chi connectivity index (χ4v) is 3.91. The lowest BCUT2D eigenvalue weighted by molar-refractivity contribution is 0.274. The summed E-state index contributed by atoms with van der Waals surface area (Å²) in [5.74, 6) is -6.42. The molecule has 4 rings (SSSR count). The molecule has 0 aromatic heterocycles. The van der Waals surface area contributed by atoms with E-state index in [-0.39, 0.29) is 17.4 Å². The Kier molecular flexibility index (Phi) is 7.15. The van der Waals surface area contributed by atoms with Crippen molar-refractivity contribution in [2.24, 2.45) is 0 Å². The van der Waals surface area contributed by atoms with Crippen molar-refractivity contribution in [2.75, 3.05) is 0 Å². The first kappa shape index (κ1) is 23.7. The molecule has 1 nitrogen and oxygen atoms in total. The summed E-state index contributed by atoms with van der Waals surface area (Å²) in [6.07, 6.45) is 4.36. The van der Waals surface area contributed by atoms with Gasteiger partial charge in [-0.2, -0.15) is 0 Å². The molecule has 4 aromatic rings. The maximum absolute atomic E-state index is 14.7. The summed E-state index contributed by atoms with van der Waals surface area (Å²) in [5.41, 5.74) is 2.67. The molecule has 6 heteroatoms. The highest BCUT2D eigenvalue weighted by atomic mass is 19.2. The normalized spacial score (nSPS) is 11.2. The standard InChI is InChI=1S/C28H23F5O/c1-2-3-4-5-17-6-9-19(10-7-17)20-13-24(30)28(25(31)14-20)34-16-18-8-11-22-21(12-18)15-23(29)27(33)26(22)32/h6-15H,2-5,16H2,1H3. The summed E-state index contributed by atoms with van der Waals surface area (Å²) >= 11 is 0. The van der Waals surface area contributed by atoms with Crippen LogP contribution in [0, 0.1) is 29.1 Å². The van der Waals surface area contributed by atoms with Gasteiger partial charge >= 0.3 is 0 Å². The summed E-state index contributed by atoms with van der Waals surface area (Å²) in [6, 6.07) is 15.0. The highest BCUT2D eigenvalue weighted by Crippen LogP contribution is 2.31. The zero-order valence-corrected chi connectivity index (χ0v) is 18.6. The molecule has 0 aliphatic rings. The minimum Gasteiger partial charge on any atom is -0.483 e. The third-order valence-corrected chi connectivity index (χ3v) is 5.77. The van der Waals surface area contributed by atoms with Crippen molar-refractivity contribution in [3.63, 3.8) is 0 Å². The van der Waals surface area contributed by atoms with E-state index in [1.807, 2.05) is 24.3 Å². The first-order chi connectivity index (χ1) is 16.4. The van der Waals surface area contributed by atoms with Crippen molar-refractivity contribution in [1.82, 2.24) is 0 Å². The molecule has 176 valence electrons. The van der Waals surface area contributed by atoms with Crippen LogP contribution in [-0.2, 0) is 13.0 Å². The summed E-state index contributed by atoms with van der Waals surface area (Å²) < 4.78 is 75.5. The first-order valence-corrected chi connectivity index (χ1v) is 11.1. The topological polar surface area (TPSA) is 9.23 Å². The molecule has 0 spiro atoms. The molecule has 0 atom stereocenters. The summed E-state index contributed by atoms with van der Waals surface area (Å²) in [5, 5.41) is 0.0210. The predicted octanol–water partition coefficient (Wildman–Crippen LogP) is 8.51. The monoisotopic (exact) mass is 470 g/mol. The largest absolute Gasteiger partial charge is 0.483 e. The number of hydrogen-bond donors (Lipinski definition) is 0. The molecule has 0 amide bonds. The number of fused-ring (bicyclic) bond motifs is 1. The number of halogens is 5. The Morgan fingerprint density at radius 3 is 2.00 bits per heavy atom. The van der Waals surface area contributed by atoms with Crippen LogP contribution < -0.4 is 4.74 Å². The number of unbranched alkanes of at least 4 members (excludes halogenated alkanes) is 2. The third kappa shape index (κ3) is 5.06. The predicted molar refractivity (Wildman–Crippen MR) is 123 cm³/mol. The number of hydrogen-bond acceptors (Lipinski definition) is 1. The Balaban J connectivity index is 1.50. The van der Waals surface area contributed by atoms with Gasteiger partial charge in [-0.25, -0.2) is 22.0 Å². The van der Waals surface area contributed by atoms with Crippen LogP contribution in [-0.4, -0.2) is 0 Å². The van der Waals surface area contributed by atoms with Crippen LogP contribution >= 0.6 is 0 Å². The molecule has 0 aliphatic carbocycles. The van der Waals surface area contributed by atoms with Gasteiger partial charge in [0.1, 0.15) is 6.61 Å². The van der Waals surface area contributed by atoms with Gasteiger partial charge in [0, 0.05) is 5.39 Å². The zero-order valence-electron chi connectivity index (χ0n) is 18.6. The molecule has 0 bridgehead atoms. The summed E-state index contributed by atoms with van der Waals surface area (Å²) in [4.78, 5) is 0. The van der Waals surface area contributed by atoms with Crippen LogP contribution in [0.15, 0.2) is 60.7 Å². The Morgan fingerprint density at radius 2 is 1.32 bits per heavy atom. The number of aryl methyl sites for hydroxylation is 1. The van der Waals surface area contributed by atoms with Crippen molar-refractivity contribution >= 4 is 10.8 Å². The van der Waals surface area contributed by atoms with Crippen molar-refractivity contribution in [3.8, 4) is 16.9 Å². The van der Waals surface area contributed by atoms with E-state index in [0.717, 1.165) is 31.7 Å². The van der Waals surface area contributed by atoms with Crippen LogP contribution in [0.25, 0.3) is 21.9 Å². The number of ether oxygens (including phenoxy) is 1. The Labute approximate surface area is 194 Å². The van der Waals surface area contributed by atoms with E-state index in [1.165, 1.54) is 35.9 Å². The second-order valence-corrected chi connectivity index (χ2v) is 8.25. The fraction of sp³-hybridized carbons (Fsp3) is 0.214. The molecular weight excluding hydrogens is 447 g/mol. The number of rotatable bonds is 8. The molecule has 0 unspecified atom stereocenters. The van der Waals surface area contributed by atoms with E-state index in [4.69, 9.17) is 4.74 Å². The second kappa shape index (κ2) is 10.2. The van der Waals surface area contributed by atoms with Gasteiger partial charge in [-0.3, -0.25) is 0 Å². The van der Waals surface area contributed by atoms with E-state index < -0.39 is 34.8 Å². The van der Waals surface area contributed by atoms with Gasteiger partial charge in [0.15, 0.2) is 34.8 Å². The van der Waals surface area contributed by atoms with Crippen LogP contribution in [0.3, 0.4) is 0 Å². The molecule has 0 heterocycles. The van der Waals surface area contributed by atoms with E-state index in [2.05, 4.69) is 6.92 Å². The van der Waals surface area contributed by atoms with E-state index in [1.54, 1.807) is 0 Å². The lowest BCUT2D eigenvalue weighted by atomic mass is 10.0. The highest BCUT2D eigenvalue weighted by molar-refractivity contribution is 5.84. The van der Waals surface area contributed by atoms with E-state index >= 15 is 0 Å². The van der Waals surface area contributed by atoms with Gasteiger partial charge < -0.3 is 4.74 Å². The molecule has 0 aliphatic heterocycles. The van der Waals surface area contributed by atoms with Crippen LogP contribution in [0.2, 0.25) is 0 Å². The molecule has 0 fully saturated rings. The number of benzene rings is 4. The second-order valence-electron chi connectivity index (χ2n) is 8.25. The van der Waals surface area contributed by atoms with Gasteiger partial charge in [-0.05, 0) is 64.7 Å². The summed E-state index contributed by atoms with van der Waals surface area (Å²) in [7, 11) is 0. The zero-order chi connectivity index (χ0) is 24.2. The van der Waals surface area contributed by atoms with Crippen LogP contribution in [0.1, 0.15) is 37.3 Å². The van der Waals surface area contributed by atoms with E-state index in [9.17, 15) is 22.0 Å². The molecule has 0 saturated heterocycles. The minimum atomic E-state index is -1.55. The highest BCUT2D eigenvalue weighted by Gasteiger charge is 2.16. The van der Waals surface area contributed by atoms with Crippen molar-refractivity contribution in [3.05, 3.63) is 101 Å². The SMILES string of the molecule is CCCCCc1ccc(-c2cc(F)c(OCc3ccc4c(F)c(F)c(F)cc4c3)c(F)c2)cc1. The van der Waals surface area contributed by atoms with Gasteiger partial charge in [0.05, 0.1) is 0 Å². The average Bonchev–Trinajstić information content (AvgIpc) is 2.82. The average molecular weight is 470 g/mol. The van der Waals surface area contributed by atoms with Gasteiger partial charge in [-0.15, -0.1) is 0 Å². The van der Waals surface area contributed by atoms with Crippen molar-refractivity contribution < 1.29 is 26.7 Å². The molecule has 0 radical (unpaired) electrons. The third-order valence-electron chi connectivity index (χ3n) is 5.77. The quantitative estimate of drug-likeness (QED) is 0.142. The van der Waals surface area contributed by atoms with Crippen LogP contribution in [0.5, 0.6) is 5.75 Å². The maximum atomic E-state index is 14.7. The van der Waals surface area contributed by atoms with Gasteiger partial charge in [0.25, 0.3) is 0 Å². The fourth-order valence-electron chi connectivity index (χ4n) is 3.91. The minimum absolute atomic E-state index is 0.0965. The first-order valence-electron chi connectivity index (χ1n) is 11.1. The van der Waals surface area contributed by atoms with Gasteiger partial charge in [-0.1, -0.05) is 56.2 Å². The lowest BCUT2D eigenvalue weighted by Gasteiger charge is -2.12. The lowest BCUT2D eigenvalue weighted by Crippen LogP contribution is -2.01. The van der Waals surface area contributed by atoms with Crippen molar-refractivity contribution in [2.45, 2.75) is 39.2 Å². The molecule has 0 N–H and O–H groups in total. The van der Waals surface area contributed by atoms with E-state index in [0.29, 0.717) is 16.7 Å². The molecular formula is C28H23F5O. The molecule has 34 heavy (non-hydrogen) atoms. The van der Waals surface area contributed by atoms with Crippen LogP contribution in [0.4, 0.5) is 22.0 Å².